The maximum Gasteiger partial charge on any atom is 0.316 e. The minimum atomic E-state index is -0.608. The van der Waals surface area contributed by atoms with E-state index < -0.39 is 11.7 Å². The van der Waals surface area contributed by atoms with Crippen LogP contribution >= 0.6 is 0 Å². The highest BCUT2D eigenvalue weighted by Gasteiger charge is 2.16. The van der Waals surface area contributed by atoms with Crippen LogP contribution in [0.15, 0.2) is 50.3 Å². The number of nitrogens with one attached hydrogen (secondary N) is 1. The zero-order chi connectivity index (χ0) is 18.5. The molecule has 134 valence electrons. The van der Waals surface area contributed by atoms with Gasteiger partial charge in [0.25, 0.3) is 0 Å². The van der Waals surface area contributed by atoms with Crippen LogP contribution in [0.2, 0.25) is 0 Å². The number of carbonyl (C=O) groups excluding carboxylic acids is 1. The van der Waals surface area contributed by atoms with Gasteiger partial charge in [0.2, 0.25) is 17.0 Å². The highest BCUT2D eigenvalue weighted by molar-refractivity contribution is 5.89. The number of hydrogen-bond acceptors (Lipinski definition) is 7. The Morgan fingerprint density at radius 2 is 2.19 bits per heavy atom. The molecule has 0 fully saturated rings. The van der Waals surface area contributed by atoms with Crippen molar-refractivity contribution < 1.29 is 22.9 Å². The highest BCUT2D eigenvalue weighted by atomic mass is 19.1. The van der Waals surface area contributed by atoms with Gasteiger partial charge in [-0.05, 0) is 24.6 Å². The number of ether oxygens (including phenoxy) is 1. The van der Waals surface area contributed by atoms with Crippen LogP contribution in [0.25, 0.3) is 0 Å². The van der Waals surface area contributed by atoms with Gasteiger partial charge in [0, 0.05) is 12.6 Å². The van der Waals surface area contributed by atoms with Gasteiger partial charge >= 0.3 is 11.8 Å². The molecule has 26 heavy (non-hydrogen) atoms. The fourth-order valence-corrected chi connectivity index (χ4v) is 2.12. The summed E-state index contributed by atoms with van der Waals surface area (Å²) in [5.74, 6) is -0.832. The largest absolute Gasteiger partial charge is 0.478 e. The molecule has 3 rings (SSSR count). The predicted octanol–water partition coefficient (Wildman–Crippen LogP) is 1.98. The van der Waals surface area contributed by atoms with Crippen LogP contribution in [0, 0.1) is 12.7 Å². The number of carbonyl (C=O) groups is 1. The molecule has 0 spiro atoms. The van der Waals surface area contributed by atoms with Crippen LogP contribution in [-0.4, -0.2) is 16.0 Å². The van der Waals surface area contributed by atoms with Crippen molar-refractivity contribution in [2.75, 3.05) is 0 Å². The van der Waals surface area contributed by atoms with E-state index in [1.165, 1.54) is 24.5 Å². The minimum Gasteiger partial charge on any atom is -0.478 e. The number of hydrogen-bond donors (Lipinski definition) is 1. The second kappa shape index (κ2) is 7.60. The molecule has 9 heteroatoms. The molecule has 0 bridgehead atoms. The Kier molecular flexibility index (Phi) is 5.07. The molecule has 0 saturated heterocycles. The van der Waals surface area contributed by atoms with E-state index in [1.807, 2.05) is 0 Å². The molecule has 0 atom stereocenters. The van der Waals surface area contributed by atoms with E-state index in [2.05, 4.69) is 15.5 Å². The van der Waals surface area contributed by atoms with Crippen molar-refractivity contribution in [1.29, 1.82) is 0 Å². The Labute approximate surface area is 146 Å². The van der Waals surface area contributed by atoms with E-state index in [1.54, 1.807) is 19.1 Å². The normalized spacial score (nSPS) is 10.5. The Bertz CT molecular complexity index is 982. The first-order chi connectivity index (χ1) is 12.5. The summed E-state index contributed by atoms with van der Waals surface area (Å²) in [6, 6.07) is 7.06. The number of aromatic nitrogens is 2. The summed E-state index contributed by atoms with van der Waals surface area (Å²) in [4.78, 5) is 27.6. The lowest BCUT2D eigenvalue weighted by molar-refractivity contribution is 0.0907. The van der Waals surface area contributed by atoms with Crippen molar-refractivity contribution in [3.63, 3.8) is 0 Å². The molecule has 0 aliphatic rings. The fourth-order valence-electron chi connectivity index (χ4n) is 2.12. The molecule has 3 aromatic rings. The van der Waals surface area contributed by atoms with Gasteiger partial charge in [-0.1, -0.05) is 17.3 Å². The van der Waals surface area contributed by atoms with E-state index >= 15 is 0 Å². The van der Waals surface area contributed by atoms with Crippen LogP contribution < -0.4 is 15.5 Å². The summed E-state index contributed by atoms with van der Waals surface area (Å²) in [5.41, 5.74) is 0.248. The van der Waals surface area contributed by atoms with Gasteiger partial charge in [0.05, 0.1) is 6.26 Å². The summed E-state index contributed by atoms with van der Waals surface area (Å²) < 4.78 is 28.4. The predicted molar refractivity (Wildman–Crippen MR) is 85.9 cm³/mol. The Morgan fingerprint density at radius 3 is 2.96 bits per heavy atom. The standard InChI is InChI=1S/C17H14FN3O5/c1-10-15(13(22)5-6-24-10)25-9-14-20-17(26-21-14)16(23)19-8-11-3-2-4-12(18)7-11/h2-7H,8-9H2,1H3,(H,19,23). The molecule has 2 aromatic heterocycles. The highest BCUT2D eigenvalue weighted by Crippen LogP contribution is 2.12. The number of amides is 1. The quantitative estimate of drug-likeness (QED) is 0.717. The molecule has 1 amide bonds. The molecule has 1 aromatic carbocycles. The van der Waals surface area contributed by atoms with Crippen molar-refractivity contribution >= 4 is 5.91 Å². The van der Waals surface area contributed by atoms with Crippen molar-refractivity contribution in [3.05, 3.63) is 75.7 Å². The lowest BCUT2D eigenvalue weighted by Gasteiger charge is -2.03. The number of rotatable bonds is 6. The number of nitrogens with zero attached hydrogens (tertiary/aromatic N) is 2. The van der Waals surface area contributed by atoms with Crippen LogP contribution in [0.1, 0.15) is 27.8 Å². The second-order valence-corrected chi connectivity index (χ2v) is 5.29. The first-order valence-corrected chi connectivity index (χ1v) is 7.59. The number of benzene rings is 1. The van der Waals surface area contributed by atoms with Crippen molar-refractivity contribution in [1.82, 2.24) is 15.5 Å². The second-order valence-electron chi connectivity index (χ2n) is 5.29. The Morgan fingerprint density at radius 1 is 1.35 bits per heavy atom. The Hall–Kier alpha value is -3.49. The SMILES string of the molecule is Cc1occc(=O)c1OCc1noc(C(=O)NCc2cccc(F)c2)n1. The first kappa shape index (κ1) is 17.3. The minimum absolute atomic E-state index is 0.0365. The van der Waals surface area contributed by atoms with E-state index in [0.29, 0.717) is 11.3 Å². The fraction of sp³-hybridized carbons (Fsp3) is 0.176. The van der Waals surface area contributed by atoms with Crippen LogP contribution in [0.4, 0.5) is 4.39 Å². The topological polar surface area (TPSA) is 107 Å². The summed E-state index contributed by atoms with van der Waals surface area (Å²) >= 11 is 0. The average molecular weight is 359 g/mol. The molecule has 8 nitrogen and oxygen atoms in total. The lowest BCUT2D eigenvalue weighted by Crippen LogP contribution is -2.23. The van der Waals surface area contributed by atoms with Gasteiger partial charge in [0.1, 0.15) is 11.6 Å². The first-order valence-electron chi connectivity index (χ1n) is 7.59. The summed E-state index contributed by atoms with van der Waals surface area (Å²) in [7, 11) is 0. The van der Waals surface area contributed by atoms with Crippen molar-refractivity contribution in [2.24, 2.45) is 0 Å². The maximum absolute atomic E-state index is 13.1. The molecular formula is C17H14FN3O5. The molecule has 2 heterocycles. The maximum atomic E-state index is 13.1. The third-order valence-electron chi connectivity index (χ3n) is 3.36. The Balaban J connectivity index is 1.58. The van der Waals surface area contributed by atoms with Gasteiger partial charge < -0.3 is 19.0 Å². The summed E-state index contributed by atoms with van der Waals surface area (Å²) in [6.45, 7) is 1.52. The van der Waals surface area contributed by atoms with E-state index in [4.69, 9.17) is 13.7 Å². The monoisotopic (exact) mass is 359 g/mol. The summed E-state index contributed by atoms with van der Waals surface area (Å²) in [5, 5.41) is 6.16. The molecule has 0 saturated carbocycles. The van der Waals surface area contributed by atoms with Crippen LogP contribution in [0.3, 0.4) is 0 Å². The van der Waals surface area contributed by atoms with Gasteiger partial charge in [-0.15, -0.1) is 0 Å². The van der Waals surface area contributed by atoms with Gasteiger partial charge in [-0.3, -0.25) is 9.59 Å². The molecule has 0 radical (unpaired) electrons. The molecule has 0 aliphatic heterocycles. The van der Waals surface area contributed by atoms with Crippen molar-refractivity contribution in [3.8, 4) is 5.75 Å². The molecular weight excluding hydrogens is 345 g/mol. The average Bonchev–Trinajstić information content (AvgIpc) is 3.08. The smallest absolute Gasteiger partial charge is 0.316 e. The van der Waals surface area contributed by atoms with E-state index in [0.717, 1.165) is 0 Å². The zero-order valence-electron chi connectivity index (χ0n) is 13.7. The third-order valence-corrected chi connectivity index (χ3v) is 3.36. The molecule has 0 aliphatic carbocycles. The van der Waals surface area contributed by atoms with E-state index in [9.17, 15) is 14.0 Å². The van der Waals surface area contributed by atoms with Gasteiger partial charge in [0.15, 0.2) is 6.61 Å². The third kappa shape index (κ3) is 4.12. The van der Waals surface area contributed by atoms with Crippen molar-refractivity contribution in [2.45, 2.75) is 20.1 Å². The van der Waals surface area contributed by atoms with Crippen LogP contribution in [-0.2, 0) is 13.2 Å². The van der Waals surface area contributed by atoms with E-state index in [-0.39, 0.29) is 36.0 Å². The zero-order valence-corrected chi connectivity index (χ0v) is 13.7. The molecule has 1 N–H and O–H groups in total. The van der Waals surface area contributed by atoms with Crippen LogP contribution in [0.5, 0.6) is 5.75 Å². The summed E-state index contributed by atoms with van der Waals surface area (Å²) in [6.07, 6.45) is 1.26. The van der Waals surface area contributed by atoms with Gasteiger partial charge in [-0.2, -0.15) is 4.98 Å². The lowest BCUT2D eigenvalue weighted by atomic mass is 10.2. The molecule has 0 unspecified atom stereocenters. The van der Waals surface area contributed by atoms with Gasteiger partial charge in [-0.25, -0.2) is 4.39 Å². The number of aryl methyl sites for hydroxylation is 1. The number of halogens is 1.